The highest BCUT2D eigenvalue weighted by Crippen LogP contribution is 2.32. The highest BCUT2D eigenvalue weighted by molar-refractivity contribution is 6.30. The topological polar surface area (TPSA) is 35.5 Å². The van der Waals surface area contributed by atoms with Crippen LogP contribution in [0.4, 0.5) is 0 Å². The Hall–Kier alpha value is -3.04. The third-order valence-corrected chi connectivity index (χ3v) is 5.18. The highest BCUT2D eigenvalue weighted by atomic mass is 35.5. The lowest BCUT2D eigenvalue weighted by atomic mass is 9.88. The maximum absolute atomic E-state index is 13.2. The molecule has 3 nitrogen and oxygen atoms in total. The van der Waals surface area contributed by atoms with Gasteiger partial charge in [-0.05, 0) is 60.9 Å². The van der Waals surface area contributed by atoms with E-state index >= 15 is 0 Å². The fourth-order valence-electron chi connectivity index (χ4n) is 3.43. The second-order valence-electron chi connectivity index (χ2n) is 7.64. The SMILES string of the molecule is CC=CC(OC(=O)C(c1ccc(Cl)cc1)C(C)C)c1cccc(Oc2ccccc2)c1. The summed E-state index contributed by atoms with van der Waals surface area (Å²) < 4.78 is 11.9. The summed E-state index contributed by atoms with van der Waals surface area (Å²) in [6.07, 6.45) is 3.25. The Labute approximate surface area is 189 Å². The van der Waals surface area contributed by atoms with Crippen molar-refractivity contribution in [2.75, 3.05) is 0 Å². The number of para-hydroxylation sites is 1. The van der Waals surface area contributed by atoms with Crippen LogP contribution in [0, 0.1) is 5.92 Å². The third-order valence-electron chi connectivity index (χ3n) is 4.93. The molecule has 2 unspecified atom stereocenters. The predicted molar refractivity (Wildman–Crippen MR) is 126 cm³/mol. The van der Waals surface area contributed by atoms with Gasteiger partial charge >= 0.3 is 5.97 Å². The van der Waals surface area contributed by atoms with E-state index < -0.39 is 6.10 Å². The van der Waals surface area contributed by atoms with Gasteiger partial charge in [-0.25, -0.2) is 0 Å². The molecule has 3 aromatic carbocycles. The molecule has 0 amide bonds. The standard InChI is InChI=1S/C27H27ClO3/c1-4-9-25(21-10-8-13-24(18-21)30-23-11-6-5-7-12-23)31-27(29)26(19(2)3)20-14-16-22(28)17-15-20/h4-19,25-26H,1-3H3. The largest absolute Gasteiger partial charge is 0.457 e. The molecule has 0 aliphatic heterocycles. The molecule has 0 saturated heterocycles. The number of rotatable bonds is 8. The molecule has 2 atom stereocenters. The van der Waals surface area contributed by atoms with Crippen molar-refractivity contribution in [3.05, 3.63) is 107 Å². The first-order valence-corrected chi connectivity index (χ1v) is 10.8. The lowest BCUT2D eigenvalue weighted by Gasteiger charge is -2.23. The minimum atomic E-state index is -0.509. The van der Waals surface area contributed by atoms with Crippen LogP contribution in [0.25, 0.3) is 0 Å². The Kier molecular flexibility index (Phi) is 7.91. The molecule has 0 aliphatic carbocycles. The second-order valence-corrected chi connectivity index (χ2v) is 8.08. The minimum Gasteiger partial charge on any atom is -0.457 e. The predicted octanol–water partition coefficient (Wildman–Crippen LogP) is 7.73. The van der Waals surface area contributed by atoms with E-state index in [0.29, 0.717) is 10.8 Å². The van der Waals surface area contributed by atoms with Gasteiger partial charge in [-0.2, -0.15) is 0 Å². The van der Waals surface area contributed by atoms with Crippen molar-refractivity contribution in [3.8, 4) is 11.5 Å². The van der Waals surface area contributed by atoms with Gasteiger partial charge in [0, 0.05) is 10.6 Å². The van der Waals surface area contributed by atoms with Gasteiger partial charge in [-0.15, -0.1) is 0 Å². The monoisotopic (exact) mass is 434 g/mol. The number of carbonyl (C=O) groups is 1. The van der Waals surface area contributed by atoms with E-state index in [0.717, 1.165) is 16.9 Å². The zero-order valence-corrected chi connectivity index (χ0v) is 18.8. The molecular weight excluding hydrogens is 408 g/mol. The number of esters is 1. The maximum atomic E-state index is 13.2. The van der Waals surface area contributed by atoms with Crippen molar-refractivity contribution >= 4 is 17.6 Å². The van der Waals surface area contributed by atoms with Crippen molar-refractivity contribution in [2.45, 2.75) is 32.8 Å². The van der Waals surface area contributed by atoms with Crippen LogP contribution >= 0.6 is 11.6 Å². The van der Waals surface area contributed by atoms with E-state index in [-0.39, 0.29) is 17.8 Å². The van der Waals surface area contributed by atoms with Crippen molar-refractivity contribution in [3.63, 3.8) is 0 Å². The molecule has 31 heavy (non-hydrogen) atoms. The Morgan fingerprint density at radius 1 is 0.871 bits per heavy atom. The summed E-state index contributed by atoms with van der Waals surface area (Å²) >= 11 is 6.02. The molecule has 0 bridgehead atoms. The number of allylic oxidation sites excluding steroid dienone is 1. The molecule has 0 saturated carbocycles. The summed E-state index contributed by atoms with van der Waals surface area (Å²) in [7, 11) is 0. The molecule has 4 heteroatoms. The van der Waals surface area contributed by atoms with Gasteiger partial charge in [0.05, 0.1) is 5.92 Å². The molecule has 0 fully saturated rings. The summed E-state index contributed by atoms with van der Waals surface area (Å²) in [5, 5.41) is 0.640. The minimum absolute atomic E-state index is 0.0766. The van der Waals surface area contributed by atoms with Crippen molar-refractivity contribution in [1.82, 2.24) is 0 Å². The quantitative estimate of drug-likeness (QED) is 0.268. The first-order valence-electron chi connectivity index (χ1n) is 10.4. The van der Waals surface area contributed by atoms with Crippen LogP contribution in [0.3, 0.4) is 0 Å². The first kappa shape index (κ1) is 22.6. The van der Waals surface area contributed by atoms with E-state index in [9.17, 15) is 4.79 Å². The third kappa shape index (κ3) is 6.22. The lowest BCUT2D eigenvalue weighted by molar-refractivity contribution is -0.150. The number of halogens is 1. The highest BCUT2D eigenvalue weighted by Gasteiger charge is 2.28. The van der Waals surface area contributed by atoms with Gasteiger partial charge < -0.3 is 9.47 Å². The van der Waals surface area contributed by atoms with Gasteiger partial charge in [-0.3, -0.25) is 4.79 Å². The summed E-state index contributed by atoms with van der Waals surface area (Å²) in [5.74, 6) is 0.866. The Balaban J connectivity index is 1.82. The summed E-state index contributed by atoms with van der Waals surface area (Å²) in [4.78, 5) is 13.2. The van der Waals surface area contributed by atoms with Crippen LogP contribution in [0.15, 0.2) is 91.0 Å². The van der Waals surface area contributed by atoms with Crippen LogP contribution in [0.5, 0.6) is 11.5 Å². The van der Waals surface area contributed by atoms with Gasteiger partial charge in [0.25, 0.3) is 0 Å². The number of hydrogen-bond acceptors (Lipinski definition) is 3. The number of hydrogen-bond donors (Lipinski definition) is 0. The van der Waals surface area contributed by atoms with E-state index in [2.05, 4.69) is 0 Å². The fraction of sp³-hybridized carbons (Fsp3) is 0.222. The van der Waals surface area contributed by atoms with E-state index in [1.54, 1.807) is 12.1 Å². The van der Waals surface area contributed by atoms with Crippen molar-refractivity contribution in [2.24, 2.45) is 5.92 Å². The van der Waals surface area contributed by atoms with Crippen LogP contribution in [-0.4, -0.2) is 5.97 Å². The van der Waals surface area contributed by atoms with Gasteiger partial charge in [0.2, 0.25) is 0 Å². The second kappa shape index (κ2) is 10.8. The molecular formula is C27H27ClO3. The zero-order valence-electron chi connectivity index (χ0n) is 18.0. The maximum Gasteiger partial charge on any atom is 0.314 e. The number of benzene rings is 3. The van der Waals surface area contributed by atoms with Crippen LogP contribution in [0.2, 0.25) is 5.02 Å². The van der Waals surface area contributed by atoms with Gasteiger partial charge in [0.15, 0.2) is 0 Å². The van der Waals surface area contributed by atoms with Crippen LogP contribution < -0.4 is 4.74 Å². The van der Waals surface area contributed by atoms with Crippen LogP contribution in [-0.2, 0) is 9.53 Å². The molecule has 0 N–H and O–H groups in total. The summed E-state index contributed by atoms with van der Waals surface area (Å²) in [6.45, 7) is 5.93. The van der Waals surface area contributed by atoms with E-state index in [1.807, 2.05) is 99.7 Å². The Morgan fingerprint density at radius 2 is 1.55 bits per heavy atom. The molecule has 0 aliphatic rings. The van der Waals surface area contributed by atoms with E-state index in [4.69, 9.17) is 21.1 Å². The number of ether oxygens (including phenoxy) is 2. The summed E-state index contributed by atoms with van der Waals surface area (Å²) in [6, 6.07) is 24.6. The lowest BCUT2D eigenvalue weighted by Crippen LogP contribution is -2.22. The fourth-order valence-corrected chi connectivity index (χ4v) is 3.56. The molecule has 3 rings (SSSR count). The van der Waals surface area contributed by atoms with Gasteiger partial charge in [-0.1, -0.05) is 74.0 Å². The Morgan fingerprint density at radius 3 is 2.19 bits per heavy atom. The summed E-state index contributed by atoms with van der Waals surface area (Å²) in [5.41, 5.74) is 1.74. The van der Waals surface area contributed by atoms with Crippen molar-refractivity contribution < 1.29 is 14.3 Å². The molecule has 0 spiro atoms. The smallest absolute Gasteiger partial charge is 0.314 e. The number of carbonyl (C=O) groups excluding carboxylic acids is 1. The average Bonchev–Trinajstić information content (AvgIpc) is 2.76. The molecule has 0 radical (unpaired) electrons. The average molecular weight is 435 g/mol. The molecule has 0 heterocycles. The Bertz CT molecular complexity index is 1010. The van der Waals surface area contributed by atoms with Crippen molar-refractivity contribution in [1.29, 1.82) is 0 Å². The first-order chi connectivity index (χ1) is 15.0. The van der Waals surface area contributed by atoms with Crippen LogP contribution in [0.1, 0.15) is 43.9 Å². The van der Waals surface area contributed by atoms with E-state index in [1.165, 1.54) is 0 Å². The molecule has 0 aromatic heterocycles. The normalized spacial score (nSPS) is 13.2. The zero-order chi connectivity index (χ0) is 22.2. The molecule has 3 aromatic rings. The molecule has 160 valence electrons. The van der Waals surface area contributed by atoms with Gasteiger partial charge in [0.1, 0.15) is 17.6 Å².